The first-order valence-electron chi connectivity index (χ1n) is 10.8. The number of thiophene rings is 1. The highest BCUT2D eigenvalue weighted by atomic mass is 32.1. The molecular weight excluding hydrogens is 470 g/mol. The van der Waals surface area contributed by atoms with Gasteiger partial charge in [0.2, 0.25) is 5.91 Å². The summed E-state index contributed by atoms with van der Waals surface area (Å²) in [7, 11) is 0. The predicted molar refractivity (Wildman–Crippen MR) is 127 cm³/mol. The summed E-state index contributed by atoms with van der Waals surface area (Å²) in [5.41, 5.74) is 7.31. The number of nitrogens with two attached hydrogens (primary N) is 1. The third-order valence-corrected chi connectivity index (χ3v) is 6.60. The van der Waals surface area contributed by atoms with Crippen molar-refractivity contribution < 1.29 is 29.0 Å². The number of hydrogen-bond acceptors (Lipinski definition) is 7. The summed E-state index contributed by atoms with van der Waals surface area (Å²) in [6, 6.07) is 17.0. The number of ether oxygens (including phenoxy) is 1. The molecule has 3 atom stereocenters. The normalized spacial score (nSPS) is 16.7. The van der Waals surface area contributed by atoms with Crippen LogP contribution in [0.5, 0.6) is 0 Å². The van der Waals surface area contributed by atoms with Crippen LogP contribution in [0.4, 0.5) is 4.79 Å². The van der Waals surface area contributed by atoms with Gasteiger partial charge >= 0.3 is 12.1 Å². The Bertz CT molecular complexity index is 1200. The molecule has 2 heterocycles. The Morgan fingerprint density at radius 1 is 1.06 bits per heavy atom. The van der Waals surface area contributed by atoms with Gasteiger partial charge in [-0.25, -0.2) is 14.5 Å². The van der Waals surface area contributed by atoms with Gasteiger partial charge in [0.25, 0.3) is 5.91 Å². The van der Waals surface area contributed by atoms with Crippen LogP contribution in [-0.2, 0) is 25.7 Å². The molecule has 3 amide bonds. The van der Waals surface area contributed by atoms with E-state index in [1.165, 1.54) is 11.3 Å². The Balaban J connectivity index is 1.56. The molecule has 1 aromatic heterocycles. The summed E-state index contributed by atoms with van der Waals surface area (Å²) < 4.78 is 5.34. The van der Waals surface area contributed by atoms with Gasteiger partial charge in [0, 0.05) is 4.88 Å². The number of benzene rings is 2. The van der Waals surface area contributed by atoms with E-state index in [0.29, 0.717) is 20.9 Å². The highest BCUT2D eigenvalue weighted by Gasteiger charge is 2.51. The highest BCUT2D eigenvalue weighted by molar-refractivity contribution is 7.10. The van der Waals surface area contributed by atoms with E-state index >= 15 is 0 Å². The maximum absolute atomic E-state index is 13.3. The molecule has 0 radical (unpaired) electrons. The van der Waals surface area contributed by atoms with Crippen LogP contribution in [0.25, 0.3) is 0 Å². The molecule has 0 saturated carbocycles. The number of carbonyl (C=O) groups excluding carboxylic acids is 3. The van der Waals surface area contributed by atoms with Crippen molar-refractivity contribution in [2.75, 3.05) is 6.54 Å². The van der Waals surface area contributed by atoms with Gasteiger partial charge in [-0.1, -0.05) is 66.7 Å². The molecule has 35 heavy (non-hydrogen) atoms. The van der Waals surface area contributed by atoms with Crippen molar-refractivity contribution in [2.24, 2.45) is 5.73 Å². The van der Waals surface area contributed by atoms with E-state index in [0.717, 1.165) is 4.90 Å². The number of amides is 3. The molecule has 0 spiro atoms. The lowest BCUT2D eigenvalue weighted by molar-refractivity contribution is -0.166. The maximum Gasteiger partial charge on any atom is 0.417 e. The fourth-order valence-electron chi connectivity index (χ4n) is 3.83. The number of likely N-dealkylation sites (tertiary alicyclic amines) is 1. The van der Waals surface area contributed by atoms with Gasteiger partial charge in [0.05, 0.1) is 6.54 Å². The van der Waals surface area contributed by atoms with Crippen molar-refractivity contribution >= 4 is 35.2 Å². The Morgan fingerprint density at radius 2 is 1.71 bits per heavy atom. The molecule has 3 aromatic rings. The highest BCUT2D eigenvalue weighted by Crippen LogP contribution is 2.33. The lowest BCUT2D eigenvalue weighted by Crippen LogP contribution is -2.68. The van der Waals surface area contributed by atoms with Crippen LogP contribution in [-0.4, -0.2) is 51.4 Å². The average Bonchev–Trinajstić information content (AvgIpc) is 3.41. The Hall–Kier alpha value is -4.02. The molecule has 180 valence electrons. The third kappa shape index (κ3) is 5.08. The molecule has 1 aliphatic heterocycles. The number of nitrogens with zero attached hydrogens (tertiary/aromatic N) is 2. The number of carboxylic acids is 1. The topological polar surface area (TPSA) is 130 Å². The zero-order valence-electron chi connectivity index (χ0n) is 18.5. The fourth-order valence-corrected chi connectivity index (χ4v) is 4.65. The van der Waals surface area contributed by atoms with Gasteiger partial charge in [0.15, 0.2) is 6.04 Å². The number of imide groups is 1. The molecule has 0 bridgehead atoms. The summed E-state index contributed by atoms with van der Waals surface area (Å²) >= 11 is 1.20. The number of carbonyl (C=O) groups is 4. The van der Waals surface area contributed by atoms with Crippen molar-refractivity contribution in [1.82, 2.24) is 9.80 Å². The van der Waals surface area contributed by atoms with E-state index in [-0.39, 0.29) is 13.2 Å². The molecule has 1 fully saturated rings. The summed E-state index contributed by atoms with van der Waals surface area (Å²) in [5, 5.41) is 11.4. The van der Waals surface area contributed by atoms with Crippen molar-refractivity contribution in [3.63, 3.8) is 0 Å². The molecule has 9 nitrogen and oxygen atoms in total. The van der Waals surface area contributed by atoms with Crippen LogP contribution in [0.3, 0.4) is 0 Å². The summed E-state index contributed by atoms with van der Waals surface area (Å²) in [4.78, 5) is 53.7. The first kappa shape index (κ1) is 24.1. The summed E-state index contributed by atoms with van der Waals surface area (Å²) in [5.74, 6) is -2.68. The lowest BCUT2D eigenvalue weighted by atomic mass is 9.99. The van der Waals surface area contributed by atoms with Crippen LogP contribution in [0.1, 0.15) is 28.1 Å². The molecule has 1 saturated heterocycles. The molecule has 4 rings (SSSR count). The van der Waals surface area contributed by atoms with Crippen molar-refractivity contribution in [2.45, 2.75) is 24.7 Å². The van der Waals surface area contributed by atoms with Gasteiger partial charge in [-0.15, -0.1) is 11.3 Å². The Kier molecular flexibility index (Phi) is 7.23. The number of β-lactam (4-membered cyclic amide) rings is 1. The third-order valence-electron chi connectivity index (χ3n) is 5.67. The van der Waals surface area contributed by atoms with Crippen LogP contribution >= 0.6 is 11.3 Å². The second kappa shape index (κ2) is 10.5. The minimum atomic E-state index is -1.22. The smallest absolute Gasteiger partial charge is 0.417 e. The maximum atomic E-state index is 13.3. The summed E-state index contributed by atoms with van der Waals surface area (Å²) in [6.07, 6.45) is -1.02. The van der Waals surface area contributed by atoms with Crippen LogP contribution in [0, 0.1) is 0 Å². The second-order valence-electron chi connectivity index (χ2n) is 7.90. The molecule has 2 aromatic carbocycles. The number of rotatable bonds is 8. The van der Waals surface area contributed by atoms with Gasteiger partial charge in [-0.05, 0) is 22.6 Å². The van der Waals surface area contributed by atoms with Gasteiger partial charge in [-0.3, -0.25) is 9.59 Å². The monoisotopic (exact) mass is 493 g/mol. The molecule has 3 unspecified atom stereocenters. The molecule has 3 N–H and O–H groups in total. The SMILES string of the molecule is NC(C(=O)N(C(=O)OCc1ccccc1)C1CN(C(C(=O)O)c2cccs2)C1=O)c1ccccc1. The Labute approximate surface area is 205 Å². The largest absolute Gasteiger partial charge is 0.479 e. The minimum Gasteiger partial charge on any atom is -0.479 e. The van der Waals surface area contributed by atoms with E-state index < -0.39 is 42.0 Å². The van der Waals surface area contributed by atoms with Gasteiger partial charge in [0.1, 0.15) is 18.7 Å². The van der Waals surface area contributed by atoms with Crippen molar-refractivity contribution in [1.29, 1.82) is 0 Å². The molecule has 0 aliphatic carbocycles. The lowest BCUT2D eigenvalue weighted by Gasteiger charge is -2.45. The van der Waals surface area contributed by atoms with Gasteiger partial charge in [-0.2, -0.15) is 0 Å². The Morgan fingerprint density at radius 3 is 2.29 bits per heavy atom. The predicted octanol–water partition coefficient (Wildman–Crippen LogP) is 2.95. The number of aliphatic carboxylic acids is 1. The quantitative estimate of drug-likeness (QED) is 0.462. The summed E-state index contributed by atoms with van der Waals surface area (Å²) in [6.45, 7) is -0.261. The van der Waals surface area contributed by atoms with E-state index in [1.54, 1.807) is 72.1 Å². The van der Waals surface area contributed by atoms with Gasteiger partial charge < -0.3 is 20.5 Å². The number of carboxylic acid groups (broad SMARTS) is 1. The number of hydrogen-bond donors (Lipinski definition) is 2. The zero-order valence-corrected chi connectivity index (χ0v) is 19.3. The minimum absolute atomic E-state index is 0.110. The molecule has 1 aliphatic rings. The van der Waals surface area contributed by atoms with Crippen LogP contribution in [0.15, 0.2) is 78.2 Å². The van der Waals surface area contributed by atoms with E-state index in [9.17, 15) is 24.3 Å². The first-order chi connectivity index (χ1) is 16.9. The fraction of sp³-hybridized carbons (Fsp3) is 0.200. The first-order valence-corrected chi connectivity index (χ1v) is 11.7. The average molecular weight is 494 g/mol. The van der Waals surface area contributed by atoms with Crippen LogP contribution in [0.2, 0.25) is 0 Å². The van der Waals surface area contributed by atoms with Crippen molar-refractivity contribution in [3.05, 3.63) is 94.2 Å². The molecular formula is C25H23N3O6S. The van der Waals surface area contributed by atoms with Crippen molar-refractivity contribution in [3.8, 4) is 0 Å². The zero-order chi connectivity index (χ0) is 24.9. The second-order valence-corrected chi connectivity index (χ2v) is 8.88. The van der Waals surface area contributed by atoms with E-state index in [4.69, 9.17) is 10.5 Å². The van der Waals surface area contributed by atoms with E-state index in [1.807, 2.05) is 6.07 Å². The molecule has 10 heteroatoms. The van der Waals surface area contributed by atoms with E-state index in [2.05, 4.69) is 0 Å². The standard InChI is InChI=1S/C25H23N3O6S/c26-20(17-10-5-2-6-11-17)23(30)28(25(33)34-15-16-8-3-1-4-9-16)18-14-27(22(18)29)21(24(31)32)19-12-7-13-35-19/h1-13,18,20-21H,14-15,26H2,(H,31,32). The van der Waals surface area contributed by atoms with Crippen LogP contribution < -0.4 is 5.73 Å².